The molecule has 0 aromatic heterocycles. The van der Waals surface area contributed by atoms with E-state index in [0.717, 1.165) is 35.7 Å². The van der Waals surface area contributed by atoms with Crippen molar-refractivity contribution < 1.29 is 0 Å². The lowest BCUT2D eigenvalue weighted by atomic mass is 9.99. The summed E-state index contributed by atoms with van der Waals surface area (Å²) in [6, 6.07) is 8.94. The van der Waals surface area contributed by atoms with Gasteiger partial charge >= 0.3 is 0 Å². The van der Waals surface area contributed by atoms with Gasteiger partial charge in [0.05, 0.1) is 0 Å². The summed E-state index contributed by atoms with van der Waals surface area (Å²) in [5, 5.41) is 4.64. The fourth-order valence-electron chi connectivity index (χ4n) is 4.15. The molecular formula is C17H24ClN. The van der Waals surface area contributed by atoms with E-state index in [1.165, 1.54) is 31.2 Å². The minimum absolute atomic E-state index is 0.623. The Kier molecular flexibility index (Phi) is 4.14. The van der Waals surface area contributed by atoms with E-state index in [9.17, 15) is 0 Å². The molecule has 3 atom stereocenters. The van der Waals surface area contributed by atoms with Crippen LogP contribution in [0.5, 0.6) is 0 Å². The van der Waals surface area contributed by atoms with E-state index in [1.54, 1.807) is 0 Å². The van der Waals surface area contributed by atoms with Gasteiger partial charge in [-0.05, 0) is 55.2 Å². The molecule has 0 radical (unpaired) electrons. The summed E-state index contributed by atoms with van der Waals surface area (Å²) in [5.41, 5.74) is 1.30. The number of fused-ring (bicyclic) bond motifs is 1. The number of nitrogens with one attached hydrogen (secondary N) is 1. The van der Waals surface area contributed by atoms with Crippen molar-refractivity contribution in [2.75, 3.05) is 6.54 Å². The Hall–Kier alpha value is -0.530. The summed E-state index contributed by atoms with van der Waals surface area (Å²) in [6.45, 7) is 3.27. The predicted octanol–water partition coefficient (Wildman–Crippen LogP) is 4.30. The first-order valence-electron chi connectivity index (χ1n) is 7.78. The highest BCUT2D eigenvalue weighted by molar-refractivity contribution is 6.31. The standard InChI is InChI=1S/C17H24ClN/c1-2-19-16(11-12-7-3-6-10-15(12)18)17-13-8-4-5-9-14(13)17/h3,6-7,10,13-14,16-17,19H,2,4-5,8-9,11H2,1H3. The van der Waals surface area contributed by atoms with Crippen LogP contribution in [0, 0.1) is 17.8 Å². The molecule has 3 rings (SSSR count). The van der Waals surface area contributed by atoms with E-state index < -0.39 is 0 Å². The molecule has 0 aliphatic heterocycles. The monoisotopic (exact) mass is 277 g/mol. The van der Waals surface area contributed by atoms with Crippen molar-refractivity contribution in [2.24, 2.45) is 17.8 Å². The molecule has 0 heterocycles. The van der Waals surface area contributed by atoms with Gasteiger partial charge in [-0.3, -0.25) is 0 Å². The summed E-state index contributed by atoms with van der Waals surface area (Å²) in [6.07, 6.45) is 6.90. The van der Waals surface area contributed by atoms with Crippen molar-refractivity contribution >= 4 is 11.6 Å². The molecule has 0 bridgehead atoms. The van der Waals surface area contributed by atoms with Gasteiger partial charge in [-0.25, -0.2) is 0 Å². The molecule has 3 unspecified atom stereocenters. The number of benzene rings is 1. The normalized spacial score (nSPS) is 30.7. The van der Waals surface area contributed by atoms with Gasteiger partial charge in [0.2, 0.25) is 0 Å². The molecule has 2 saturated carbocycles. The fourth-order valence-corrected chi connectivity index (χ4v) is 4.36. The largest absolute Gasteiger partial charge is 0.314 e. The van der Waals surface area contributed by atoms with Crippen molar-refractivity contribution in [3.05, 3.63) is 34.9 Å². The third-order valence-electron chi connectivity index (χ3n) is 5.05. The molecule has 0 amide bonds. The minimum atomic E-state index is 0.623. The smallest absolute Gasteiger partial charge is 0.0438 e. The Labute approximate surface area is 121 Å². The molecule has 2 aliphatic rings. The molecular weight excluding hydrogens is 254 g/mol. The lowest BCUT2D eigenvalue weighted by Crippen LogP contribution is -2.34. The zero-order chi connectivity index (χ0) is 13.2. The van der Waals surface area contributed by atoms with Crippen molar-refractivity contribution in [1.29, 1.82) is 0 Å². The van der Waals surface area contributed by atoms with Crippen LogP contribution in [0.1, 0.15) is 38.2 Å². The maximum atomic E-state index is 6.32. The first kappa shape index (κ1) is 13.5. The molecule has 0 saturated heterocycles. The van der Waals surface area contributed by atoms with Crippen molar-refractivity contribution in [2.45, 2.75) is 45.1 Å². The van der Waals surface area contributed by atoms with Crippen molar-refractivity contribution in [3.63, 3.8) is 0 Å². The van der Waals surface area contributed by atoms with Gasteiger partial charge in [-0.15, -0.1) is 0 Å². The van der Waals surface area contributed by atoms with Crippen LogP contribution in [0.15, 0.2) is 24.3 Å². The molecule has 2 fully saturated rings. The molecule has 1 nitrogen and oxygen atoms in total. The first-order chi connectivity index (χ1) is 9.31. The van der Waals surface area contributed by atoms with E-state index in [0.29, 0.717) is 6.04 Å². The fraction of sp³-hybridized carbons (Fsp3) is 0.647. The number of rotatable bonds is 5. The van der Waals surface area contributed by atoms with Crippen LogP contribution < -0.4 is 5.32 Å². The number of hydrogen-bond acceptors (Lipinski definition) is 1. The van der Waals surface area contributed by atoms with Crippen LogP contribution in [0.4, 0.5) is 0 Å². The van der Waals surface area contributed by atoms with Crippen LogP contribution in [0.2, 0.25) is 5.02 Å². The lowest BCUT2D eigenvalue weighted by Gasteiger charge is -2.19. The summed E-state index contributed by atoms with van der Waals surface area (Å²) < 4.78 is 0. The summed E-state index contributed by atoms with van der Waals surface area (Å²) >= 11 is 6.32. The Morgan fingerprint density at radius 3 is 2.53 bits per heavy atom. The molecule has 0 spiro atoms. The van der Waals surface area contributed by atoms with Gasteiger partial charge in [0, 0.05) is 11.1 Å². The van der Waals surface area contributed by atoms with Gasteiger partial charge < -0.3 is 5.32 Å². The Morgan fingerprint density at radius 1 is 1.21 bits per heavy atom. The van der Waals surface area contributed by atoms with Gasteiger partial charge in [-0.2, -0.15) is 0 Å². The summed E-state index contributed by atoms with van der Waals surface area (Å²) in [4.78, 5) is 0. The topological polar surface area (TPSA) is 12.0 Å². The van der Waals surface area contributed by atoms with Crippen LogP contribution in [0.25, 0.3) is 0 Å². The van der Waals surface area contributed by atoms with E-state index in [4.69, 9.17) is 11.6 Å². The number of halogens is 1. The highest BCUT2D eigenvalue weighted by Crippen LogP contribution is 2.57. The number of hydrogen-bond donors (Lipinski definition) is 1. The Balaban J connectivity index is 1.70. The SMILES string of the molecule is CCNC(Cc1ccccc1Cl)C1C2CCCCC21. The predicted molar refractivity (Wildman–Crippen MR) is 81.6 cm³/mol. The van der Waals surface area contributed by atoms with E-state index in [-0.39, 0.29) is 0 Å². The quantitative estimate of drug-likeness (QED) is 0.846. The van der Waals surface area contributed by atoms with Gasteiger partial charge in [0.1, 0.15) is 0 Å². The van der Waals surface area contributed by atoms with Crippen molar-refractivity contribution in [3.8, 4) is 0 Å². The van der Waals surface area contributed by atoms with Crippen LogP contribution in [-0.2, 0) is 6.42 Å². The summed E-state index contributed by atoms with van der Waals surface area (Å²) in [5.74, 6) is 2.90. The van der Waals surface area contributed by atoms with Crippen LogP contribution in [0.3, 0.4) is 0 Å². The van der Waals surface area contributed by atoms with Crippen LogP contribution in [-0.4, -0.2) is 12.6 Å². The molecule has 2 heteroatoms. The average molecular weight is 278 g/mol. The van der Waals surface area contributed by atoms with Crippen LogP contribution >= 0.6 is 11.6 Å². The molecule has 19 heavy (non-hydrogen) atoms. The molecule has 1 aromatic carbocycles. The minimum Gasteiger partial charge on any atom is -0.314 e. The molecule has 104 valence electrons. The second-order valence-electron chi connectivity index (χ2n) is 6.15. The second kappa shape index (κ2) is 5.85. The van der Waals surface area contributed by atoms with E-state index in [1.807, 2.05) is 12.1 Å². The zero-order valence-corrected chi connectivity index (χ0v) is 12.5. The van der Waals surface area contributed by atoms with Crippen molar-refractivity contribution in [1.82, 2.24) is 5.32 Å². The van der Waals surface area contributed by atoms with E-state index in [2.05, 4.69) is 24.4 Å². The third-order valence-corrected chi connectivity index (χ3v) is 5.42. The lowest BCUT2D eigenvalue weighted by molar-refractivity contribution is 0.437. The molecule has 2 aliphatic carbocycles. The average Bonchev–Trinajstić information content (AvgIpc) is 3.15. The Bertz CT molecular complexity index is 419. The first-order valence-corrected chi connectivity index (χ1v) is 8.16. The van der Waals surface area contributed by atoms with Gasteiger partial charge in [-0.1, -0.05) is 49.6 Å². The summed E-state index contributed by atoms with van der Waals surface area (Å²) in [7, 11) is 0. The maximum Gasteiger partial charge on any atom is 0.0438 e. The molecule has 1 aromatic rings. The highest BCUT2D eigenvalue weighted by Gasteiger charge is 2.53. The van der Waals surface area contributed by atoms with Gasteiger partial charge in [0.15, 0.2) is 0 Å². The maximum absolute atomic E-state index is 6.32. The Morgan fingerprint density at radius 2 is 1.89 bits per heavy atom. The number of likely N-dealkylation sites (N-methyl/N-ethyl adjacent to an activating group) is 1. The second-order valence-corrected chi connectivity index (χ2v) is 6.56. The van der Waals surface area contributed by atoms with E-state index >= 15 is 0 Å². The molecule has 1 N–H and O–H groups in total. The highest BCUT2D eigenvalue weighted by atomic mass is 35.5. The van der Waals surface area contributed by atoms with Gasteiger partial charge in [0.25, 0.3) is 0 Å². The zero-order valence-electron chi connectivity index (χ0n) is 11.7. The third kappa shape index (κ3) is 2.83.